The molecule has 3 nitrogen and oxygen atoms in total. The number of rotatable bonds is 0. The number of nitrogens with zero attached hydrogens (tertiary/aromatic N) is 2. The van der Waals surface area contributed by atoms with E-state index in [-0.39, 0.29) is 0 Å². The molecular weight excluding hydrogens is 256 g/mol. The molecule has 4 heteroatoms. The standard InChI is InChI=1S/C15H9N2OS/c1-2-4-12-10(3-1)13-14(18-12)17-8-9-5-6-16-7-11(9)15(17)19-13/h1-7H,8H2/q+1. The van der Waals surface area contributed by atoms with Crippen LogP contribution in [0.4, 0.5) is 0 Å². The first-order valence-electron chi connectivity index (χ1n) is 6.19. The summed E-state index contributed by atoms with van der Waals surface area (Å²) >= 11 is 1.79. The first-order valence-corrected chi connectivity index (χ1v) is 7.00. The predicted molar refractivity (Wildman–Crippen MR) is 74.1 cm³/mol. The average molecular weight is 265 g/mol. The van der Waals surface area contributed by atoms with E-state index in [1.165, 1.54) is 26.2 Å². The highest BCUT2D eigenvalue weighted by molar-refractivity contribution is 7.22. The third kappa shape index (κ3) is 1.12. The van der Waals surface area contributed by atoms with Crippen molar-refractivity contribution in [3.63, 3.8) is 0 Å². The van der Waals surface area contributed by atoms with Crippen molar-refractivity contribution < 1.29 is 8.98 Å². The fourth-order valence-corrected chi connectivity index (χ4v) is 4.06. The van der Waals surface area contributed by atoms with Crippen molar-refractivity contribution in [2.45, 2.75) is 6.54 Å². The Morgan fingerprint density at radius 1 is 1.21 bits per heavy atom. The van der Waals surface area contributed by atoms with Crippen LogP contribution in [0.1, 0.15) is 5.56 Å². The van der Waals surface area contributed by atoms with E-state index in [0.29, 0.717) is 0 Å². The van der Waals surface area contributed by atoms with Crippen molar-refractivity contribution >= 4 is 32.7 Å². The molecule has 4 heterocycles. The molecule has 0 bridgehead atoms. The van der Waals surface area contributed by atoms with Gasteiger partial charge >= 0.3 is 5.71 Å². The Kier molecular flexibility index (Phi) is 1.64. The zero-order chi connectivity index (χ0) is 12.4. The van der Waals surface area contributed by atoms with E-state index < -0.39 is 0 Å². The van der Waals surface area contributed by atoms with E-state index in [1.54, 1.807) is 11.3 Å². The summed E-state index contributed by atoms with van der Waals surface area (Å²) in [6.45, 7) is 0.882. The van der Waals surface area contributed by atoms with Gasteiger partial charge in [0, 0.05) is 23.3 Å². The minimum Gasteiger partial charge on any atom is -0.403 e. The number of furan rings is 1. The topological polar surface area (TPSA) is 29.9 Å². The molecule has 90 valence electrons. The molecule has 1 aliphatic heterocycles. The van der Waals surface area contributed by atoms with Crippen LogP contribution < -0.4 is 4.57 Å². The number of thiazole rings is 1. The Bertz CT molecular complexity index is 951. The van der Waals surface area contributed by atoms with E-state index >= 15 is 0 Å². The molecule has 0 spiro atoms. The second-order valence-corrected chi connectivity index (χ2v) is 5.76. The van der Waals surface area contributed by atoms with Crippen LogP contribution in [0.15, 0.2) is 47.1 Å². The first-order chi connectivity index (χ1) is 9.42. The number of fused-ring (bicyclic) bond motifs is 7. The predicted octanol–water partition coefficient (Wildman–Crippen LogP) is 3.36. The minimum atomic E-state index is 0.882. The Morgan fingerprint density at radius 3 is 3.16 bits per heavy atom. The normalized spacial score (nSPS) is 13.1. The van der Waals surface area contributed by atoms with Crippen molar-refractivity contribution in [1.82, 2.24) is 4.98 Å². The fourth-order valence-electron chi connectivity index (χ4n) is 2.80. The van der Waals surface area contributed by atoms with Crippen molar-refractivity contribution in [1.29, 1.82) is 0 Å². The van der Waals surface area contributed by atoms with Gasteiger partial charge in [-0.3, -0.25) is 4.98 Å². The first kappa shape index (κ1) is 9.69. The summed E-state index contributed by atoms with van der Waals surface area (Å²) < 4.78 is 9.51. The zero-order valence-corrected chi connectivity index (χ0v) is 10.8. The molecule has 1 aromatic carbocycles. The van der Waals surface area contributed by atoms with Crippen LogP contribution in [0, 0.1) is 0 Å². The van der Waals surface area contributed by atoms with Gasteiger partial charge in [0.2, 0.25) is 0 Å². The highest BCUT2D eigenvalue weighted by Crippen LogP contribution is 2.39. The average Bonchev–Trinajstić information content (AvgIpc) is 3.07. The van der Waals surface area contributed by atoms with Crippen molar-refractivity contribution in [3.05, 3.63) is 48.3 Å². The van der Waals surface area contributed by atoms with Crippen molar-refractivity contribution in [3.8, 4) is 10.6 Å². The number of hydrogen-bond donors (Lipinski definition) is 0. The maximum Gasteiger partial charge on any atom is 0.393 e. The molecule has 0 aliphatic carbocycles. The monoisotopic (exact) mass is 265 g/mol. The Balaban J connectivity index is 1.93. The van der Waals surface area contributed by atoms with E-state index in [2.05, 4.69) is 27.8 Å². The molecule has 0 N–H and O–H groups in total. The molecule has 4 aromatic rings. The van der Waals surface area contributed by atoms with Crippen LogP contribution in [0.2, 0.25) is 0 Å². The molecule has 0 unspecified atom stereocenters. The quantitative estimate of drug-likeness (QED) is 0.402. The van der Waals surface area contributed by atoms with Gasteiger partial charge in [-0.1, -0.05) is 23.5 Å². The molecule has 0 fully saturated rings. The Morgan fingerprint density at radius 2 is 2.16 bits per heavy atom. The third-order valence-electron chi connectivity index (χ3n) is 3.69. The molecular formula is C15H9N2OS+. The fraction of sp³-hybridized carbons (Fsp3) is 0.0667. The molecule has 1 aliphatic rings. The van der Waals surface area contributed by atoms with Crippen LogP contribution >= 0.6 is 11.3 Å². The van der Waals surface area contributed by atoms with Crippen molar-refractivity contribution in [2.75, 3.05) is 0 Å². The minimum absolute atomic E-state index is 0.882. The SMILES string of the molecule is c1ccc2c(c1)oc1c2sc2[n+]1Cc1ccncc1-2. The van der Waals surface area contributed by atoms with Gasteiger partial charge in [0.1, 0.15) is 5.58 Å². The van der Waals surface area contributed by atoms with Gasteiger partial charge < -0.3 is 4.42 Å². The van der Waals surface area contributed by atoms with E-state index in [4.69, 9.17) is 4.42 Å². The van der Waals surface area contributed by atoms with Crippen molar-refractivity contribution in [2.24, 2.45) is 0 Å². The third-order valence-corrected chi connectivity index (χ3v) is 4.92. The Labute approximate surface area is 112 Å². The summed E-state index contributed by atoms with van der Waals surface area (Å²) in [5.41, 5.74) is 4.51. The van der Waals surface area contributed by atoms with E-state index in [9.17, 15) is 0 Å². The summed E-state index contributed by atoms with van der Waals surface area (Å²) in [5, 5.41) is 2.46. The van der Waals surface area contributed by atoms with Gasteiger partial charge in [0.05, 0.1) is 5.56 Å². The van der Waals surface area contributed by atoms with Gasteiger partial charge in [-0.25, -0.2) is 0 Å². The van der Waals surface area contributed by atoms with Crippen LogP contribution in [-0.4, -0.2) is 4.98 Å². The summed E-state index contributed by atoms with van der Waals surface area (Å²) in [7, 11) is 0. The summed E-state index contributed by atoms with van der Waals surface area (Å²) in [5.74, 6) is 0. The van der Waals surface area contributed by atoms with Crippen LogP contribution in [-0.2, 0) is 6.54 Å². The molecule has 0 amide bonds. The largest absolute Gasteiger partial charge is 0.403 e. The molecule has 19 heavy (non-hydrogen) atoms. The molecule has 0 saturated heterocycles. The summed E-state index contributed by atoms with van der Waals surface area (Å²) in [6, 6.07) is 10.3. The smallest absolute Gasteiger partial charge is 0.393 e. The van der Waals surface area contributed by atoms with Gasteiger partial charge in [-0.15, -0.1) is 4.57 Å². The van der Waals surface area contributed by atoms with Gasteiger partial charge in [-0.05, 0) is 18.2 Å². The van der Waals surface area contributed by atoms with Gasteiger partial charge in [-0.2, -0.15) is 0 Å². The van der Waals surface area contributed by atoms with Crippen LogP contribution in [0.5, 0.6) is 0 Å². The molecule has 3 aromatic heterocycles. The molecule has 0 radical (unpaired) electrons. The maximum atomic E-state index is 6.02. The number of para-hydroxylation sites is 1. The Hall–Kier alpha value is -2.20. The lowest BCUT2D eigenvalue weighted by molar-refractivity contribution is -0.648. The highest BCUT2D eigenvalue weighted by Gasteiger charge is 2.34. The number of benzene rings is 1. The summed E-state index contributed by atoms with van der Waals surface area (Å²) in [4.78, 5) is 4.23. The van der Waals surface area contributed by atoms with Crippen LogP contribution in [0.3, 0.4) is 0 Å². The summed E-state index contributed by atoms with van der Waals surface area (Å²) in [6.07, 6.45) is 3.80. The lowest BCUT2D eigenvalue weighted by Gasteiger charge is -1.88. The zero-order valence-electron chi connectivity index (χ0n) is 9.96. The second-order valence-electron chi connectivity index (χ2n) is 4.76. The number of pyridine rings is 1. The van der Waals surface area contributed by atoms with E-state index in [1.807, 2.05) is 24.5 Å². The lowest BCUT2D eigenvalue weighted by Crippen LogP contribution is -2.29. The van der Waals surface area contributed by atoms with Gasteiger partial charge in [0.15, 0.2) is 11.2 Å². The number of aromatic nitrogens is 2. The molecule has 0 atom stereocenters. The molecule has 5 rings (SSSR count). The molecule has 0 saturated carbocycles. The number of hydrogen-bond acceptors (Lipinski definition) is 3. The second kappa shape index (κ2) is 3.22. The van der Waals surface area contributed by atoms with Gasteiger partial charge in [0.25, 0.3) is 5.01 Å². The maximum absolute atomic E-state index is 6.02. The highest BCUT2D eigenvalue weighted by atomic mass is 32.1. The van der Waals surface area contributed by atoms with Crippen LogP contribution in [0.25, 0.3) is 32.0 Å². The van der Waals surface area contributed by atoms with E-state index in [0.717, 1.165) is 17.8 Å². The lowest BCUT2D eigenvalue weighted by atomic mass is 10.2.